The minimum atomic E-state index is -2.91. The molecule has 6 nitrogen and oxygen atoms in total. The Labute approximate surface area is 94.8 Å². The van der Waals surface area contributed by atoms with Crippen molar-refractivity contribution in [2.75, 3.05) is 0 Å². The standard InChI is InChI=1S/C9H9F2N5O/c10-9(11)17-6-4-2-1-3-5(6)7(12)8-13-15-16-14-8/h1-4,7,9H,12H2,(H,13,14,15,16). The molecule has 0 fully saturated rings. The number of hydrogen-bond acceptors (Lipinski definition) is 5. The molecule has 2 rings (SSSR count). The molecule has 0 aliphatic carbocycles. The van der Waals surface area contributed by atoms with Crippen LogP contribution < -0.4 is 10.5 Å². The minimum Gasteiger partial charge on any atom is -0.434 e. The predicted molar refractivity (Wildman–Crippen MR) is 53.3 cm³/mol. The highest BCUT2D eigenvalue weighted by molar-refractivity contribution is 5.38. The van der Waals surface area contributed by atoms with Crippen molar-refractivity contribution in [3.05, 3.63) is 35.7 Å². The lowest BCUT2D eigenvalue weighted by Gasteiger charge is -2.13. The molecule has 8 heteroatoms. The molecule has 0 amide bonds. The fourth-order valence-corrected chi connectivity index (χ4v) is 1.38. The van der Waals surface area contributed by atoms with E-state index in [1.807, 2.05) is 0 Å². The van der Waals surface area contributed by atoms with Gasteiger partial charge in [0.1, 0.15) is 5.75 Å². The number of nitrogens with zero attached hydrogens (tertiary/aromatic N) is 3. The lowest BCUT2D eigenvalue weighted by molar-refractivity contribution is -0.0505. The van der Waals surface area contributed by atoms with E-state index in [9.17, 15) is 8.78 Å². The summed E-state index contributed by atoms with van der Waals surface area (Å²) in [6.45, 7) is -2.91. The molecule has 1 heterocycles. The molecule has 1 atom stereocenters. The molecule has 0 saturated heterocycles. The zero-order valence-corrected chi connectivity index (χ0v) is 8.55. The summed E-state index contributed by atoms with van der Waals surface area (Å²) in [5.41, 5.74) is 6.20. The van der Waals surface area contributed by atoms with Crippen LogP contribution in [0.2, 0.25) is 0 Å². The third-order valence-electron chi connectivity index (χ3n) is 2.11. The van der Waals surface area contributed by atoms with Gasteiger partial charge in [-0.3, -0.25) is 0 Å². The Morgan fingerprint density at radius 2 is 2.06 bits per heavy atom. The molecule has 3 N–H and O–H groups in total. The van der Waals surface area contributed by atoms with Crippen molar-refractivity contribution >= 4 is 0 Å². The Morgan fingerprint density at radius 1 is 1.29 bits per heavy atom. The van der Waals surface area contributed by atoms with Crippen LogP contribution in [0.4, 0.5) is 8.78 Å². The van der Waals surface area contributed by atoms with Crippen molar-refractivity contribution in [1.29, 1.82) is 0 Å². The van der Waals surface area contributed by atoms with Crippen LogP contribution in [-0.2, 0) is 0 Å². The largest absolute Gasteiger partial charge is 0.434 e. The van der Waals surface area contributed by atoms with Gasteiger partial charge < -0.3 is 10.5 Å². The summed E-state index contributed by atoms with van der Waals surface area (Å²) in [5.74, 6) is 0.204. The van der Waals surface area contributed by atoms with Crippen LogP contribution >= 0.6 is 0 Å². The van der Waals surface area contributed by atoms with Gasteiger partial charge in [-0.2, -0.15) is 14.0 Å². The van der Waals surface area contributed by atoms with Crippen molar-refractivity contribution in [3.8, 4) is 5.75 Å². The first-order valence-corrected chi connectivity index (χ1v) is 4.71. The highest BCUT2D eigenvalue weighted by Gasteiger charge is 2.19. The number of aromatic nitrogens is 4. The van der Waals surface area contributed by atoms with Gasteiger partial charge >= 0.3 is 6.61 Å². The second-order valence-corrected chi connectivity index (χ2v) is 3.16. The van der Waals surface area contributed by atoms with E-state index in [4.69, 9.17) is 5.73 Å². The van der Waals surface area contributed by atoms with Crippen molar-refractivity contribution in [2.24, 2.45) is 5.73 Å². The van der Waals surface area contributed by atoms with Crippen LogP contribution in [0.25, 0.3) is 0 Å². The van der Waals surface area contributed by atoms with E-state index in [1.54, 1.807) is 18.2 Å². The number of alkyl halides is 2. The van der Waals surface area contributed by atoms with Crippen LogP contribution in [0.5, 0.6) is 5.75 Å². The summed E-state index contributed by atoms with van der Waals surface area (Å²) in [6.07, 6.45) is 0. The Kier molecular flexibility index (Phi) is 3.24. The molecule has 1 unspecified atom stereocenters. The summed E-state index contributed by atoms with van der Waals surface area (Å²) in [6, 6.07) is 5.43. The van der Waals surface area contributed by atoms with Crippen LogP contribution in [0.1, 0.15) is 17.4 Å². The second kappa shape index (κ2) is 4.83. The first-order valence-electron chi connectivity index (χ1n) is 4.71. The number of benzene rings is 1. The van der Waals surface area contributed by atoms with Gasteiger partial charge in [-0.25, -0.2) is 0 Å². The van der Waals surface area contributed by atoms with Gasteiger partial charge in [0.2, 0.25) is 0 Å². The van der Waals surface area contributed by atoms with E-state index in [0.717, 1.165) is 0 Å². The Bertz CT molecular complexity index is 476. The molecule has 0 saturated carbocycles. The third-order valence-corrected chi connectivity index (χ3v) is 2.11. The summed E-state index contributed by atoms with van der Waals surface area (Å²) in [5, 5.41) is 13.0. The molecule has 17 heavy (non-hydrogen) atoms. The quantitative estimate of drug-likeness (QED) is 0.828. The zero-order chi connectivity index (χ0) is 12.3. The molecule has 0 radical (unpaired) electrons. The number of nitrogens with one attached hydrogen (secondary N) is 1. The summed E-state index contributed by atoms with van der Waals surface area (Å²) < 4.78 is 28.8. The molecule has 0 spiro atoms. The van der Waals surface area contributed by atoms with Crippen molar-refractivity contribution in [2.45, 2.75) is 12.7 Å². The Morgan fingerprint density at radius 3 is 2.71 bits per heavy atom. The number of H-pyrrole nitrogens is 1. The van der Waals surface area contributed by atoms with E-state index in [-0.39, 0.29) is 11.6 Å². The van der Waals surface area contributed by atoms with E-state index in [2.05, 4.69) is 25.4 Å². The molecular formula is C9H9F2N5O. The molecule has 1 aromatic heterocycles. The maximum atomic E-state index is 12.2. The average Bonchev–Trinajstić information content (AvgIpc) is 2.81. The molecule has 2 aromatic rings. The van der Waals surface area contributed by atoms with E-state index in [0.29, 0.717) is 5.56 Å². The third kappa shape index (κ3) is 2.53. The SMILES string of the molecule is NC(c1nn[nH]n1)c1ccccc1OC(F)F. The van der Waals surface area contributed by atoms with Crippen LogP contribution in [0, 0.1) is 0 Å². The molecule has 90 valence electrons. The highest BCUT2D eigenvalue weighted by Crippen LogP contribution is 2.27. The number of rotatable bonds is 4. The highest BCUT2D eigenvalue weighted by atomic mass is 19.3. The fourth-order valence-electron chi connectivity index (χ4n) is 1.38. The maximum absolute atomic E-state index is 12.2. The zero-order valence-electron chi connectivity index (χ0n) is 8.55. The van der Waals surface area contributed by atoms with Crippen molar-refractivity contribution in [1.82, 2.24) is 20.6 Å². The number of aromatic amines is 1. The number of para-hydroxylation sites is 1. The summed E-state index contributed by atoms with van der Waals surface area (Å²) in [4.78, 5) is 0. The van der Waals surface area contributed by atoms with E-state index < -0.39 is 12.7 Å². The van der Waals surface area contributed by atoms with Crippen LogP contribution in [-0.4, -0.2) is 27.2 Å². The average molecular weight is 241 g/mol. The smallest absolute Gasteiger partial charge is 0.387 e. The Hall–Kier alpha value is -2.09. The number of tetrazole rings is 1. The van der Waals surface area contributed by atoms with Crippen LogP contribution in [0.3, 0.4) is 0 Å². The first kappa shape index (κ1) is 11.4. The molecule has 0 aliphatic heterocycles. The van der Waals surface area contributed by atoms with Gasteiger partial charge in [0.15, 0.2) is 5.82 Å². The Balaban J connectivity index is 2.31. The summed E-state index contributed by atoms with van der Waals surface area (Å²) >= 11 is 0. The molecule has 0 aliphatic rings. The lowest BCUT2D eigenvalue weighted by Crippen LogP contribution is -2.16. The topological polar surface area (TPSA) is 89.7 Å². The van der Waals surface area contributed by atoms with Gasteiger partial charge in [0.05, 0.1) is 6.04 Å². The van der Waals surface area contributed by atoms with Gasteiger partial charge in [-0.05, 0) is 6.07 Å². The van der Waals surface area contributed by atoms with E-state index >= 15 is 0 Å². The van der Waals surface area contributed by atoms with Crippen molar-refractivity contribution in [3.63, 3.8) is 0 Å². The minimum absolute atomic E-state index is 0.000185. The monoisotopic (exact) mass is 241 g/mol. The predicted octanol–water partition coefficient (Wildman–Crippen LogP) is 0.849. The van der Waals surface area contributed by atoms with E-state index in [1.165, 1.54) is 6.07 Å². The second-order valence-electron chi connectivity index (χ2n) is 3.16. The van der Waals surface area contributed by atoms with Gasteiger partial charge in [-0.1, -0.05) is 23.4 Å². The fraction of sp³-hybridized carbons (Fsp3) is 0.222. The number of ether oxygens (including phenoxy) is 1. The number of nitrogens with two attached hydrogens (primary N) is 1. The van der Waals surface area contributed by atoms with Crippen molar-refractivity contribution < 1.29 is 13.5 Å². The van der Waals surface area contributed by atoms with Gasteiger partial charge in [0, 0.05) is 5.56 Å². The van der Waals surface area contributed by atoms with Gasteiger partial charge in [-0.15, -0.1) is 10.2 Å². The molecule has 1 aromatic carbocycles. The molecular weight excluding hydrogens is 232 g/mol. The maximum Gasteiger partial charge on any atom is 0.387 e. The number of halogens is 2. The van der Waals surface area contributed by atoms with Gasteiger partial charge in [0.25, 0.3) is 0 Å². The normalized spacial score (nSPS) is 12.7. The lowest BCUT2D eigenvalue weighted by atomic mass is 10.1. The first-order chi connectivity index (χ1) is 8.18. The molecule has 0 bridgehead atoms. The van der Waals surface area contributed by atoms with Crippen LogP contribution in [0.15, 0.2) is 24.3 Å². The number of hydrogen-bond donors (Lipinski definition) is 2. The summed E-state index contributed by atoms with van der Waals surface area (Å²) in [7, 11) is 0.